The van der Waals surface area contributed by atoms with E-state index >= 15 is 0 Å². The molecule has 2 aromatic rings. The number of hydrogen-bond donors (Lipinski definition) is 2. The maximum absolute atomic E-state index is 13.4. The molecule has 4 rings (SSSR count). The summed E-state index contributed by atoms with van der Waals surface area (Å²) in [7, 11) is -3.28. The van der Waals surface area contributed by atoms with Gasteiger partial charge < -0.3 is 4.98 Å². The van der Waals surface area contributed by atoms with E-state index in [0.717, 1.165) is 6.26 Å². The number of H-pyrrole nitrogens is 1. The Kier molecular flexibility index (Phi) is 6.15. The molecule has 34 heavy (non-hydrogen) atoms. The van der Waals surface area contributed by atoms with Crippen LogP contribution in [0.25, 0.3) is 11.3 Å². The smallest absolute Gasteiger partial charge is 0.357 e. The topological polar surface area (TPSA) is 86.7 Å². The van der Waals surface area contributed by atoms with Crippen LogP contribution >= 0.6 is 0 Å². The molecule has 2 heterocycles. The average Bonchev–Trinajstić information content (AvgIpc) is 2.69. The molecule has 2 N–H and O–H groups in total. The average molecular weight is 504 g/mol. The van der Waals surface area contributed by atoms with E-state index in [-0.39, 0.29) is 55.0 Å². The van der Waals surface area contributed by atoms with Gasteiger partial charge in [0.2, 0.25) is 5.92 Å². The van der Waals surface area contributed by atoms with E-state index < -0.39 is 39.1 Å². The SMILES string of the molecule is Cc1[nH]c(-c2cnc(C3CC(F)(F)C3)cc2[C@H]2CC[C@@H](C(F)(F)F)CC2)cc(=O)c1S(C)(=N)=O. The first-order valence-corrected chi connectivity index (χ1v) is 13.0. The quantitative estimate of drug-likeness (QED) is 0.492. The number of hydrogen-bond acceptors (Lipinski definition) is 4. The van der Waals surface area contributed by atoms with Crippen molar-refractivity contribution in [3.8, 4) is 11.3 Å². The van der Waals surface area contributed by atoms with E-state index in [2.05, 4.69) is 9.97 Å². The van der Waals surface area contributed by atoms with Crippen molar-refractivity contribution in [3.05, 3.63) is 45.5 Å². The van der Waals surface area contributed by atoms with Gasteiger partial charge in [-0.25, -0.2) is 17.8 Å². The molecule has 2 aromatic heterocycles. The minimum atomic E-state index is -4.25. The van der Waals surface area contributed by atoms with E-state index in [9.17, 15) is 31.0 Å². The Balaban J connectivity index is 1.75. The fourth-order valence-electron chi connectivity index (χ4n) is 5.18. The standard InChI is InChI=1S/C23H26F5N3O2S/c1-12-21(34(2,29)33)20(32)8-19(31-12)17-11-30-18(14-9-22(24,25)10-14)7-16(17)13-3-5-15(6-4-13)23(26,27)28/h7-8,11,13-15,29H,3-6,9-10H2,1-2H3,(H,31,32)/t13-,15+,34?. The summed E-state index contributed by atoms with van der Waals surface area (Å²) in [5, 5.41) is 0. The molecule has 0 bridgehead atoms. The van der Waals surface area contributed by atoms with Crippen molar-refractivity contribution in [2.75, 3.05) is 6.26 Å². The molecule has 0 saturated heterocycles. The van der Waals surface area contributed by atoms with E-state index in [0.29, 0.717) is 22.5 Å². The molecule has 2 aliphatic carbocycles. The van der Waals surface area contributed by atoms with Crippen molar-refractivity contribution in [2.24, 2.45) is 5.92 Å². The molecule has 0 aromatic carbocycles. The van der Waals surface area contributed by atoms with E-state index in [1.165, 1.54) is 19.2 Å². The number of aryl methyl sites for hydroxylation is 1. The maximum Gasteiger partial charge on any atom is 0.391 e. The van der Waals surface area contributed by atoms with Gasteiger partial charge in [0, 0.05) is 54.2 Å². The van der Waals surface area contributed by atoms with Crippen LogP contribution in [0.15, 0.2) is 28.0 Å². The fourth-order valence-corrected chi connectivity index (χ4v) is 6.26. The van der Waals surface area contributed by atoms with E-state index in [4.69, 9.17) is 4.78 Å². The molecule has 0 amide bonds. The van der Waals surface area contributed by atoms with Gasteiger partial charge in [0.15, 0.2) is 5.43 Å². The molecule has 0 radical (unpaired) electrons. The maximum atomic E-state index is 13.4. The van der Waals surface area contributed by atoms with Gasteiger partial charge in [-0.1, -0.05) is 0 Å². The van der Waals surface area contributed by atoms with Crippen LogP contribution < -0.4 is 5.43 Å². The van der Waals surface area contributed by atoms with Crippen molar-refractivity contribution < 1.29 is 26.2 Å². The van der Waals surface area contributed by atoms with Gasteiger partial charge in [-0.05, 0) is 50.2 Å². The molecule has 0 aliphatic heterocycles. The van der Waals surface area contributed by atoms with Gasteiger partial charge in [-0.2, -0.15) is 13.2 Å². The predicted octanol–water partition coefficient (Wildman–Crippen LogP) is 6.13. The van der Waals surface area contributed by atoms with Crippen molar-refractivity contribution in [3.63, 3.8) is 0 Å². The molecule has 1 unspecified atom stereocenters. The summed E-state index contributed by atoms with van der Waals surface area (Å²) in [6, 6.07) is 2.92. The summed E-state index contributed by atoms with van der Waals surface area (Å²) >= 11 is 0. The third-order valence-corrected chi connectivity index (χ3v) is 8.22. The molecule has 5 nitrogen and oxygen atoms in total. The highest BCUT2D eigenvalue weighted by atomic mass is 32.2. The summed E-state index contributed by atoms with van der Waals surface area (Å²) in [4.78, 5) is 19.9. The Morgan fingerprint density at radius 3 is 2.24 bits per heavy atom. The van der Waals surface area contributed by atoms with Crippen LogP contribution in [0.1, 0.15) is 67.3 Å². The van der Waals surface area contributed by atoms with Crippen LogP contribution in [0.5, 0.6) is 0 Å². The Morgan fingerprint density at radius 1 is 1.12 bits per heavy atom. The highest BCUT2D eigenvalue weighted by Crippen LogP contribution is 2.50. The highest BCUT2D eigenvalue weighted by Gasteiger charge is 2.47. The second-order valence-corrected chi connectivity index (χ2v) is 11.7. The fraction of sp³-hybridized carbons (Fsp3) is 0.565. The van der Waals surface area contributed by atoms with Gasteiger partial charge in [0.05, 0.1) is 21.3 Å². The number of alkyl halides is 5. The zero-order valence-electron chi connectivity index (χ0n) is 18.8. The van der Waals surface area contributed by atoms with Gasteiger partial charge in [-0.15, -0.1) is 0 Å². The first-order chi connectivity index (χ1) is 15.7. The van der Waals surface area contributed by atoms with E-state index in [1.54, 1.807) is 6.07 Å². The Labute approximate surface area is 194 Å². The third kappa shape index (κ3) is 4.89. The number of aromatic amines is 1. The lowest BCUT2D eigenvalue weighted by Crippen LogP contribution is -2.34. The first kappa shape index (κ1) is 24.8. The first-order valence-electron chi connectivity index (χ1n) is 11.1. The van der Waals surface area contributed by atoms with Crippen molar-refractivity contribution >= 4 is 9.73 Å². The van der Waals surface area contributed by atoms with Crippen LogP contribution in [-0.2, 0) is 9.73 Å². The van der Waals surface area contributed by atoms with E-state index in [1.807, 2.05) is 0 Å². The lowest BCUT2D eigenvalue weighted by molar-refractivity contribution is -0.182. The number of nitrogens with zero attached hydrogens (tertiary/aromatic N) is 1. The summed E-state index contributed by atoms with van der Waals surface area (Å²) in [6.07, 6.45) is -1.77. The van der Waals surface area contributed by atoms with Crippen LogP contribution in [-0.4, -0.2) is 32.5 Å². The Morgan fingerprint density at radius 2 is 1.74 bits per heavy atom. The van der Waals surface area contributed by atoms with Crippen molar-refractivity contribution in [1.82, 2.24) is 9.97 Å². The third-order valence-electron chi connectivity index (χ3n) is 6.94. The second kappa shape index (κ2) is 8.42. The Hall–Kier alpha value is -2.30. The van der Waals surface area contributed by atoms with Gasteiger partial charge in [-0.3, -0.25) is 9.78 Å². The molecular weight excluding hydrogens is 477 g/mol. The monoisotopic (exact) mass is 503 g/mol. The minimum absolute atomic E-state index is 0.0298. The zero-order valence-corrected chi connectivity index (χ0v) is 19.6. The molecule has 2 saturated carbocycles. The van der Waals surface area contributed by atoms with Gasteiger partial charge in [0.1, 0.15) is 4.90 Å². The van der Waals surface area contributed by atoms with Gasteiger partial charge >= 0.3 is 6.18 Å². The highest BCUT2D eigenvalue weighted by molar-refractivity contribution is 7.91. The molecule has 11 heteroatoms. The normalized spacial score (nSPS) is 24.9. The lowest BCUT2D eigenvalue weighted by atomic mass is 9.75. The van der Waals surface area contributed by atoms with Gasteiger partial charge in [0.25, 0.3) is 0 Å². The minimum Gasteiger partial charge on any atom is -0.357 e. The predicted molar refractivity (Wildman–Crippen MR) is 118 cm³/mol. The zero-order chi connectivity index (χ0) is 25.1. The summed E-state index contributed by atoms with van der Waals surface area (Å²) in [5.41, 5.74) is 1.68. The summed E-state index contributed by atoms with van der Waals surface area (Å²) in [5.74, 6) is -4.77. The van der Waals surface area contributed by atoms with Crippen LogP contribution in [0.4, 0.5) is 22.0 Å². The molecule has 0 spiro atoms. The molecule has 186 valence electrons. The van der Waals surface area contributed by atoms with Crippen molar-refractivity contribution in [2.45, 2.75) is 74.3 Å². The largest absolute Gasteiger partial charge is 0.391 e. The molecular formula is C23H26F5N3O2S. The second-order valence-electron chi connectivity index (χ2n) is 9.59. The molecule has 2 fully saturated rings. The van der Waals surface area contributed by atoms with Crippen molar-refractivity contribution in [1.29, 1.82) is 4.78 Å². The number of aromatic nitrogens is 2. The summed E-state index contributed by atoms with van der Waals surface area (Å²) < 4.78 is 86.4. The number of pyridine rings is 2. The van der Waals surface area contributed by atoms with Crippen LogP contribution in [0.2, 0.25) is 0 Å². The molecule has 2 aliphatic rings. The van der Waals surface area contributed by atoms with Crippen LogP contribution in [0.3, 0.4) is 0 Å². The number of nitrogens with one attached hydrogen (secondary N) is 2. The number of halogens is 5. The lowest BCUT2D eigenvalue weighted by Gasteiger charge is -2.35. The summed E-state index contributed by atoms with van der Waals surface area (Å²) in [6.45, 7) is 1.53. The number of rotatable bonds is 4. The molecule has 1 atom stereocenters. The Bertz CT molecular complexity index is 1250. The van der Waals surface area contributed by atoms with Crippen LogP contribution in [0, 0.1) is 17.6 Å².